The number of benzene rings is 1. The van der Waals surface area contributed by atoms with Crippen LogP contribution in [-0.4, -0.2) is 52.2 Å². The first-order valence-electron chi connectivity index (χ1n) is 13.4. The molecule has 1 saturated carbocycles. The average Bonchev–Trinajstić information content (AvgIpc) is 2.91. The number of carbonyl (C=O) groups is 2. The van der Waals surface area contributed by atoms with Crippen molar-refractivity contribution in [3.63, 3.8) is 0 Å². The number of hydrogen-bond donors (Lipinski definition) is 4. The van der Waals surface area contributed by atoms with Gasteiger partial charge >= 0.3 is 0 Å². The SMILES string of the molecule is C#C.C/C=N\C(Nc1ccc(NC(=O)CC=O)cc1)=C1/CC=C(OCCNC)C=C1F.CNCC1CC(C)(C)C1. The number of halogens is 1. The molecule has 8 nitrogen and oxygen atoms in total. The fourth-order valence-electron chi connectivity index (χ4n) is 4.46. The van der Waals surface area contributed by atoms with Crippen LogP contribution < -0.4 is 21.3 Å². The van der Waals surface area contributed by atoms with Crippen LogP contribution in [0.2, 0.25) is 0 Å². The fourth-order valence-corrected chi connectivity index (χ4v) is 4.46. The van der Waals surface area contributed by atoms with Crippen LogP contribution >= 0.6 is 0 Å². The van der Waals surface area contributed by atoms with Gasteiger partial charge in [0.15, 0.2) is 0 Å². The minimum Gasteiger partial charge on any atom is -0.492 e. The maximum atomic E-state index is 14.6. The molecule has 1 amide bonds. The molecule has 2 aliphatic carbocycles. The summed E-state index contributed by atoms with van der Waals surface area (Å²) in [4.78, 5) is 26.1. The summed E-state index contributed by atoms with van der Waals surface area (Å²) in [7, 11) is 3.85. The molecule has 0 saturated heterocycles. The van der Waals surface area contributed by atoms with E-state index in [1.165, 1.54) is 25.5 Å². The fraction of sp³-hybridized carbons (Fsp3) is 0.452. The first-order valence-corrected chi connectivity index (χ1v) is 13.4. The number of terminal acetylenes is 1. The number of carbonyl (C=O) groups excluding carboxylic acids is 2. The second kappa shape index (κ2) is 18.5. The van der Waals surface area contributed by atoms with Crippen LogP contribution in [0.5, 0.6) is 0 Å². The zero-order valence-corrected chi connectivity index (χ0v) is 24.4. The molecule has 2 aliphatic rings. The first kappa shape index (κ1) is 34.3. The van der Waals surface area contributed by atoms with Crippen LogP contribution in [0.25, 0.3) is 0 Å². The van der Waals surface area contributed by atoms with Crippen molar-refractivity contribution < 1.29 is 18.7 Å². The van der Waals surface area contributed by atoms with Gasteiger partial charge < -0.3 is 30.8 Å². The summed E-state index contributed by atoms with van der Waals surface area (Å²) < 4.78 is 20.1. The van der Waals surface area contributed by atoms with Crippen molar-refractivity contribution in [2.24, 2.45) is 16.3 Å². The Morgan fingerprint density at radius 1 is 1.12 bits per heavy atom. The topological polar surface area (TPSA) is 104 Å². The Morgan fingerprint density at radius 2 is 1.75 bits per heavy atom. The number of allylic oxidation sites excluding steroid dienone is 4. The Kier molecular flexibility index (Phi) is 15.9. The molecular weight excluding hydrogens is 509 g/mol. The monoisotopic (exact) mass is 553 g/mol. The predicted molar refractivity (Wildman–Crippen MR) is 163 cm³/mol. The van der Waals surface area contributed by atoms with E-state index in [9.17, 15) is 14.0 Å². The molecule has 9 heteroatoms. The molecule has 1 aromatic carbocycles. The molecule has 0 bridgehead atoms. The molecule has 1 aromatic rings. The van der Waals surface area contributed by atoms with Gasteiger partial charge in [0.25, 0.3) is 0 Å². The zero-order chi connectivity index (χ0) is 30.0. The van der Waals surface area contributed by atoms with Gasteiger partial charge in [-0.2, -0.15) is 0 Å². The lowest BCUT2D eigenvalue weighted by molar-refractivity contribution is -0.119. The lowest BCUT2D eigenvalue weighted by Crippen LogP contribution is -2.37. The van der Waals surface area contributed by atoms with Crippen LogP contribution in [0.15, 0.2) is 64.4 Å². The van der Waals surface area contributed by atoms with Crippen LogP contribution in [-0.2, 0) is 14.3 Å². The van der Waals surface area contributed by atoms with Gasteiger partial charge in [0.05, 0.1) is 6.42 Å². The summed E-state index contributed by atoms with van der Waals surface area (Å²) in [6, 6.07) is 6.83. The molecule has 0 radical (unpaired) electrons. The number of nitrogens with zero attached hydrogens (tertiary/aromatic N) is 1. The Morgan fingerprint density at radius 3 is 2.25 bits per heavy atom. The smallest absolute Gasteiger partial charge is 0.231 e. The number of hydrogen-bond acceptors (Lipinski definition) is 7. The van der Waals surface area contributed by atoms with E-state index in [0.29, 0.717) is 59.8 Å². The van der Waals surface area contributed by atoms with Crippen molar-refractivity contribution in [1.82, 2.24) is 10.6 Å². The van der Waals surface area contributed by atoms with Crippen molar-refractivity contribution in [2.75, 3.05) is 44.4 Å². The largest absolute Gasteiger partial charge is 0.492 e. The van der Waals surface area contributed by atoms with Crippen molar-refractivity contribution in [2.45, 2.75) is 46.5 Å². The standard InChI is InChI=1S/C21H25FN4O3.C8H17N.C2H2/c1-3-24-21(18-9-8-17(14-19(18)22)29-13-11-23-2)26-16-6-4-15(5-7-16)25-20(28)10-12-27;1-8(2)4-7(5-8)6-9-3;1-2/h3-8,12,14,23,26H,9-11,13H2,1-2H3,(H,25,28);7,9H,4-6H2,1-3H3;1-2H/b21-18-,24-3-;;. The predicted octanol–water partition coefficient (Wildman–Crippen LogP) is 5.20. The molecular formula is C31H44FN5O3. The van der Waals surface area contributed by atoms with Gasteiger partial charge in [0, 0.05) is 42.2 Å². The summed E-state index contributed by atoms with van der Waals surface area (Å²) in [5, 5.41) is 11.9. The van der Waals surface area contributed by atoms with Crippen molar-refractivity contribution >= 4 is 29.8 Å². The highest BCUT2D eigenvalue weighted by Gasteiger charge is 2.34. The lowest BCUT2D eigenvalue weighted by atomic mass is 9.64. The van der Waals surface area contributed by atoms with Gasteiger partial charge in [-0.1, -0.05) is 13.8 Å². The van der Waals surface area contributed by atoms with Crippen LogP contribution in [0.1, 0.15) is 46.5 Å². The van der Waals surface area contributed by atoms with Crippen molar-refractivity contribution in [1.29, 1.82) is 0 Å². The maximum absolute atomic E-state index is 14.6. The number of rotatable bonds is 12. The summed E-state index contributed by atoms with van der Waals surface area (Å²) >= 11 is 0. The molecule has 3 rings (SSSR count). The number of ether oxygens (including phenoxy) is 1. The van der Waals surface area contributed by atoms with Crippen LogP contribution in [0.4, 0.5) is 15.8 Å². The minimum absolute atomic E-state index is 0.193. The van der Waals surface area contributed by atoms with Gasteiger partial charge in [-0.3, -0.25) is 4.79 Å². The molecule has 0 aromatic heterocycles. The average molecular weight is 554 g/mol. The summed E-state index contributed by atoms with van der Waals surface area (Å²) in [5.41, 5.74) is 2.32. The molecule has 1 fully saturated rings. The second-order valence-electron chi connectivity index (χ2n) is 10.1. The van der Waals surface area contributed by atoms with Gasteiger partial charge in [0.2, 0.25) is 5.91 Å². The lowest BCUT2D eigenvalue weighted by Gasteiger charge is -2.42. The third-order valence-electron chi connectivity index (χ3n) is 6.10. The Bertz CT molecular complexity index is 1080. The number of aliphatic imine (C=N–C) groups is 1. The third-order valence-corrected chi connectivity index (χ3v) is 6.10. The van der Waals surface area contributed by atoms with Crippen LogP contribution in [0, 0.1) is 24.2 Å². The Labute approximate surface area is 238 Å². The normalized spacial score (nSPS) is 17.0. The summed E-state index contributed by atoms with van der Waals surface area (Å²) in [5.74, 6) is 1.07. The first-order chi connectivity index (χ1) is 19.2. The number of likely N-dealkylation sites (N-methyl/N-ethyl adjacent to an activating group) is 1. The van der Waals surface area contributed by atoms with E-state index in [1.54, 1.807) is 37.4 Å². The molecule has 0 aliphatic heterocycles. The number of amides is 1. The minimum atomic E-state index is -0.405. The molecule has 0 atom stereocenters. The molecule has 0 unspecified atom stereocenters. The van der Waals surface area contributed by atoms with Gasteiger partial charge in [-0.25, -0.2) is 9.38 Å². The van der Waals surface area contributed by atoms with Gasteiger partial charge in [-0.05, 0) is 82.1 Å². The Balaban J connectivity index is 0.000000609. The molecule has 40 heavy (non-hydrogen) atoms. The van der Waals surface area contributed by atoms with E-state index in [0.717, 1.165) is 5.92 Å². The van der Waals surface area contributed by atoms with Crippen molar-refractivity contribution in [3.8, 4) is 12.8 Å². The molecule has 4 N–H and O–H groups in total. The van der Waals surface area contributed by atoms with Gasteiger partial charge in [0.1, 0.15) is 30.3 Å². The third kappa shape index (κ3) is 12.4. The van der Waals surface area contributed by atoms with Gasteiger partial charge in [-0.15, -0.1) is 12.8 Å². The van der Waals surface area contributed by atoms with E-state index >= 15 is 0 Å². The number of anilines is 2. The van der Waals surface area contributed by atoms with E-state index in [-0.39, 0.29) is 12.3 Å². The van der Waals surface area contributed by atoms with E-state index in [1.807, 2.05) is 20.2 Å². The maximum Gasteiger partial charge on any atom is 0.231 e. The number of nitrogens with one attached hydrogen (secondary N) is 4. The highest BCUT2D eigenvalue weighted by atomic mass is 19.1. The van der Waals surface area contributed by atoms with Crippen LogP contribution in [0.3, 0.4) is 0 Å². The molecule has 0 heterocycles. The highest BCUT2D eigenvalue weighted by Crippen LogP contribution is 2.44. The van der Waals surface area contributed by atoms with E-state index < -0.39 is 5.83 Å². The van der Waals surface area contributed by atoms with E-state index in [2.05, 4.69) is 53.0 Å². The Hall–Kier alpha value is -3.74. The summed E-state index contributed by atoms with van der Waals surface area (Å²) in [6.07, 6.45) is 16.3. The zero-order valence-electron chi connectivity index (χ0n) is 24.4. The second-order valence-corrected chi connectivity index (χ2v) is 10.1. The highest BCUT2D eigenvalue weighted by molar-refractivity contribution is 5.98. The molecule has 218 valence electrons. The van der Waals surface area contributed by atoms with Crippen molar-refractivity contribution in [3.05, 3.63) is 59.4 Å². The molecule has 0 spiro atoms. The number of aldehydes is 1. The summed E-state index contributed by atoms with van der Waals surface area (Å²) in [6.45, 7) is 8.79. The van der Waals surface area contributed by atoms with E-state index in [4.69, 9.17) is 4.74 Å². The quantitative estimate of drug-likeness (QED) is 0.0933.